The Morgan fingerprint density at radius 2 is 1.87 bits per heavy atom. The van der Waals surface area contributed by atoms with Gasteiger partial charge in [-0.25, -0.2) is 0 Å². The summed E-state index contributed by atoms with van der Waals surface area (Å²) in [7, 11) is 0. The average Bonchev–Trinajstić information content (AvgIpc) is 2.17. The molecule has 0 bridgehead atoms. The number of benzene rings is 1. The zero-order chi connectivity index (χ0) is 11.3. The number of ether oxygens (including phenoxy) is 1. The minimum absolute atomic E-state index is 0.0174. The fourth-order valence-corrected chi connectivity index (χ4v) is 1.25. The summed E-state index contributed by atoms with van der Waals surface area (Å²) < 4.78 is 42.6. The van der Waals surface area contributed by atoms with Gasteiger partial charge in [0.2, 0.25) is 0 Å². The second-order valence-corrected chi connectivity index (χ2v) is 3.21. The fourth-order valence-electron chi connectivity index (χ4n) is 1.25. The largest absolute Gasteiger partial charge is 0.416 e. The van der Waals surface area contributed by atoms with Gasteiger partial charge in [-0.3, -0.25) is 0 Å². The highest BCUT2D eigenvalue weighted by molar-refractivity contribution is 5.28. The number of hydrogen-bond acceptors (Lipinski definition) is 1. The molecule has 1 aromatic carbocycles. The van der Waals surface area contributed by atoms with Crippen LogP contribution in [0.15, 0.2) is 24.3 Å². The Hall–Kier alpha value is -1.03. The molecular formula is C11H13F3O. The van der Waals surface area contributed by atoms with E-state index < -0.39 is 11.7 Å². The maximum Gasteiger partial charge on any atom is 0.416 e. The first kappa shape index (κ1) is 12.0. The Morgan fingerprint density at radius 1 is 1.20 bits per heavy atom. The molecule has 0 saturated heterocycles. The van der Waals surface area contributed by atoms with Crippen LogP contribution in [0.3, 0.4) is 0 Å². The zero-order valence-corrected chi connectivity index (χ0v) is 8.47. The number of rotatable bonds is 4. The zero-order valence-electron chi connectivity index (χ0n) is 8.47. The highest BCUT2D eigenvalue weighted by Crippen LogP contribution is 2.32. The van der Waals surface area contributed by atoms with Gasteiger partial charge in [-0.15, -0.1) is 0 Å². The van der Waals surface area contributed by atoms with Gasteiger partial charge in [0.15, 0.2) is 0 Å². The first-order valence-electron chi connectivity index (χ1n) is 4.78. The van der Waals surface area contributed by atoms with Gasteiger partial charge in [0.1, 0.15) is 0 Å². The molecule has 4 heteroatoms. The van der Waals surface area contributed by atoms with E-state index in [1.54, 1.807) is 6.07 Å². The Morgan fingerprint density at radius 3 is 2.47 bits per heavy atom. The van der Waals surface area contributed by atoms with E-state index in [0.717, 1.165) is 12.5 Å². The van der Waals surface area contributed by atoms with Gasteiger partial charge in [-0.1, -0.05) is 25.1 Å². The summed E-state index contributed by atoms with van der Waals surface area (Å²) in [6.45, 7) is 2.41. The highest BCUT2D eigenvalue weighted by atomic mass is 19.4. The minimum atomic E-state index is -4.30. The summed E-state index contributed by atoms with van der Waals surface area (Å²) in [5.74, 6) is 0. The van der Waals surface area contributed by atoms with Crippen LogP contribution in [-0.2, 0) is 17.5 Å². The van der Waals surface area contributed by atoms with E-state index in [1.807, 2.05) is 6.92 Å². The molecule has 0 atom stereocenters. The van der Waals surface area contributed by atoms with Gasteiger partial charge in [0.25, 0.3) is 0 Å². The minimum Gasteiger partial charge on any atom is -0.377 e. The van der Waals surface area contributed by atoms with Gasteiger partial charge in [-0.2, -0.15) is 13.2 Å². The van der Waals surface area contributed by atoms with E-state index in [4.69, 9.17) is 4.74 Å². The summed E-state index contributed by atoms with van der Waals surface area (Å²) >= 11 is 0. The van der Waals surface area contributed by atoms with Crippen molar-refractivity contribution in [2.24, 2.45) is 0 Å². The molecule has 1 nitrogen and oxygen atoms in total. The molecule has 0 aliphatic carbocycles. The van der Waals surface area contributed by atoms with Crippen molar-refractivity contribution >= 4 is 0 Å². The molecule has 15 heavy (non-hydrogen) atoms. The predicted octanol–water partition coefficient (Wildman–Crippen LogP) is 3.63. The van der Waals surface area contributed by atoms with Crippen molar-refractivity contribution in [3.05, 3.63) is 35.4 Å². The molecule has 1 aromatic rings. The van der Waals surface area contributed by atoms with Crippen LogP contribution in [0, 0.1) is 0 Å². The van der Waals surface area contributed by atoms with E-state index in [0.29, 0.717) is 6.61 Å². The van der Waals surface area contributed by atoms with Crippen LogP contribution in [0.25, 0.3) is 0 Å². The molecule has 0 N–H and O–H groups in total. The molecule has 0 amide bonds. The lowest BCUT2D eigenvalue weighted by Crippen LogP contribution is -2.10. The quantitative estimate of drug-likeness (QED) is 0.701. The van der Waals surface area contributed by atoms with Gasteiger partial charge in [0, 0.05) is 6.61 Å². The van der Waals surface area contributed by atoms with E-state index in [2.05, 4.69) is 0 Å². The van der Waals surface area contributed by atoms with Crippen molar-refractivity contribution in [3.8, 4) is 0 Å². The van der Waals surface area contributed by atoms with Crippen LogP contribution >= 0.6 is 0 Å². The Balaban J connectivity index is 2.78. The lowest BCUT2D eigenvalue weighted by molar-refractivity contribution is -0.138. The fraction of sp³-hybridized carbons (Fsp3) is 0.455. The first-order valence-corrected chi connectivity index (χ1v) is 4.78. The maximum atomic E-state index is 12.5. The molecule has 0 aromatic heterocycles. The number of alkyl halides is 3. The predicted molar refractivity (Wildman–Crippen MR) is 51.4 cm³/mol. The topological polar surface area (TPSA) is 9.23 Å². The van der Waals surface area contributed by atoms with E-state index >= 15 is 0 Å². The Bertz CT molecular complexity index is 307. The summed E-state index contributed by atoms with van der Waals surface area (Å²) in [6, 6.07) is 5.48. The highest BCUT2D eigenvalue weighted by Gasteiger charge is 2.32. The number of hydrogen-bond donors (Lipinski definition) is 0. The standard InChI is InChI=1S/C11H13F3O/c1-2-7-15-8-9-5-3-4-6-10(9)11(12,13)14/h3-6H,2,7-8H2,1H3. The molecule has 0 radical (unpaired) electrons. The van der Waals surface area contributed by atoms with E-state index in [9.17, 15) is 13.2 Å². The smallest absolute Gasteiger partial charge is 0.377 e. The van der Waals surface area contributed by atoms with Crippen molar-refractivity contribution in [3.63, 3.8) is 0 Å². The van der Waals surface area contributed by atoms with Crippen molar-refractivity contribution in [1.29, 1.82) is 0 Å². The molecule has 0 heterocycles. The SMILES string of the molecule is CCCOCc1ccccc1C(F)(F)F. The summed E-state index contributed by atoms with van der Waals surface area (Å²) in [5, 5.41) is 0. The normalized spacial score (nSPS) is 11.7. The van der Waals surface area contributed by atoms with Gasteiger partial charge in [0.05, 0.1) is 12.2 Å². The first-order chi connectivity index (χ1) is 7.05. The second kappa shape index (κ2) is 5.16. The lowest BCUT2D eigenvalue weighted by atomic mass is 10.1. The average molecular weight is 218 g/mol. The number of halogens is 3. The molecule has 0 fully saturated rings. The molecule has 0 unspecified atom stereocenters. The van der Waals surface area contributed by atoms with Crippen LogP contribution in [0.1, 0.15) is 24.5 Å². The lowest BCUT2D eigenvalue weighted by Gasteiger charge is -2.12. The third-order valence-corrected chi connectivity index (χ3v) is 1.93. The maximum absolute atomic E-state index is 12.5. The second-order valence-electron chi connectivity index (χ2n) is 3.21. The van der Waals surface area contributed by atoms with Gasteiger partial charge < -0.3 is 4.74 Å². The van der Waals surface area contributed by atoms with Crippen LogP contribution in [0.4, 0.5) is 13.2 Å². The summed E-state index contributed by atoms with van der Waals surface area (Å²) in [5.41, 5.74) is -0.417. The summed E-state index contributed by atoms with van der Waals surface area (Å²) in [6.07, 6.45) is -3.50. The van der Waals surface area contributed by atoms with Crippen LogP contribution in [-0.4, -0.2) is 6.61 Å². The van der Waals surface area contributed by atoms with Gasteiger partial charge >= 0.3 is 6.18 Å². The molecule has 84 valence electrons. The third-order valence-electron chi connectivity index (χ3n) is 1.93. The third kappa shape index (κ3) is 3.55. The molecule has 1 rings (SSSR count). The van der Waals surface area contributed by atoms with Crippen LogP contribution < -0.4 is 0 Å². The Labute approximate surface area is 86.9 Å². The van der Waals surface area contributed by atoms with Crippen LogP contribution in [0.5, 0.6) is 0 Å². The van der Waals surface area contributed by atoms with Crippen LogP contribution in [0.2, 0.25) is 0 Å². The van der Waals surface area contributed by atoms with Crippen molar-refractivity contribution in [2.75, 3.05) is 6.61 Å². The molecular weight excluding hydrogens is 205 g/mol. The van der Waals surface area contributed by atoms with Crippen molar-refractivity contribution in [2.45, 2.75) is 26.1 Å². The molecule has 0 aliphatic heterocycles. The van der Waals surface area contributed by atoms with E-state index in [1.165, 1.54) is 12.1 Å². The van der Waals surface area contributed by atoms with Gasteiger partial charge in [-0.05, 0) is 18.1 Å². The van der Waals surface area contributed by atoms with Crippen molar-refractivity contribution < 1.29 is 17.9 Å². The van der Waals surface area contributed by atoms with Crippen molar-refractivity contribution in [1.82, 2.24) is 0 Å². The molecule has 0 aliphatic rings. The monoisotopic (exact) mass is 218 g/mol. The molecule has 0 spiro atoms. The molecule has 0 saturated carbocycles. The Kier molecular flexibility index (Phi) is 4.15. The van der Waals surface area contributed by atoms with E-state index in [-0.39, 0.29) is 12.2 Å². The summed E-state index contributed by atoms with van der Waals surface area (Å²) in [4.78, 5) is 0.